The second-order valence-corrected chi connectivity index (χ2v) is 6.04. The molecule has 2 amide bonds. The van der Waals surface area contributed by atoms with E-state index in [9.17, 15) is 9.59 Å². The number of rotatable bonds is 6. The molecular formula is C17H22N4O2. The molecule has 1 aromatic carbocycles. The van der Waals surface area contributed by atoms with Crippen molar-refractivity contribution in [2.45, 2.75) is 32.2 Å². The Morgan fingerprint density at radius 3 is 2.96 bits per heavy atom. The lowest BCUT2D eigenvalue weighted by atomic mass is 10.2. The summed E-state index contributed by atoms with van der Waals surface area (Å²) in [6.45, 7) is 1.99. The molecule has 122 valence electrons. The normalized spacial score (nSPS) is 14.7. The number of carbonyl (C=O) groups excluding carboxylic acids is 2. The minimum atomic E-state index is 0.0807. The highest BCUT2D eigenvalue weighted by Crippen LogP contribution is 2.13. The molecule has 1 fully saturated rings. The van der Waals surface area contributed by atoms with Crippen LogP contribution < -0.4 is 0 Å². The number of H-pyrrole nitrogens is 1. The van der Waals surface area contributed by atoms with Crippen molar-refractivity contribution in [2.75, 3.05) is 20.1 Å². The third-order valence-electron chi connectivity index (χ3n) is 4.24. The number of imidazole rings is 1. The van der Waals surface area contributed by atoms with E-state index in [1.807, 2.05) is 29.2 Å². The SMILES string of the molecule is CN(Cc1nc2ccccc2[nH]1)C(=O)CCCN1CCCC1=O. The van der Waals surface area contributed by atoms with Crippen LogP contribution in [0.2, 0.25) is 0 Å². The number of carbonyl (C=O) groups is 2. The third kappa shape index (κ3) is 3.70. The summed E-state index contributed by atoms with van der Waals surface area (Å²) in [4.78, 5) is 35.0. The van der Waals surface area contributed by atoms with Gasteiger partial charge in [-0.2, -0.15) is 0 Å². The number of nitrogens with one attached hydrogen (secondary N) is 1. The van der Waals surface area contributed by atoms with Crippen LogP contribution in [0.1, 0.15) is 31.5 Å². The van der Waals surface area contributed by atoms with Crippen LogP contribution in [-0.2, 0) is 16.1 Å². The molecule has 1 saturated heterocycles. The minimum Gasteiger partial charge on any atom is -0.343 e. The molecule has 0 atom stereocenters. The first-order valence-corrected chi connectivity index (χ1v) is 8.09. The molecule has 2 heterocycles. The molecule has 1 N–H and O–H groups in total. The molecule has 0 aliphatic carbocycles. The van der Waals surface area contributed by atoms with E-state index in [4.69, 9.17) is 0 Å². The number of aromatic nitrogens is 2. The Morgan fingerprint density at radius 2 is 2.22 bits per heavy atom. The zero-order valence-electron chi connectivity index (χ0n) is 13.4. The smallest absolute Gasteiger partial charge is 0.222 e. The van der Waals surface area contributed by atoms with Gasteiger partial charge in [0.25, 0.3) is 0 Å². The minimum absolute atomic E-state index is 0.0807. The second kappa shape index (κ2) is 6.81. The fraction of sp³-hybridized carbons (Fsp3) is 0.471. The predicted octanol–water partition coefficient (Wildman–Crippen LogP) is 1.92. The van der Waals surface area contributed by atoms with Crippen molar-refractivity contribution in [1.29, 1.82) is 0 Å². The first kappa shape index (κ1) is 15.5. The standard InChI is InChI=1S/C17H22N4O2/c1-20(12-15-18-13-6-2-3-7-14(13)19-15)16(22)8-4-10-21-11-5-9-17(21)23/h2-3,6-7H,4-5,8-12H2,1H3,(H,18,19). The number of benzene rings is 1. The van der Waals surface area contributed by atoms with Crippen molar-refractivity contribution in [3.8, 4) is 0 Å². The summed E-state index contributed by atoms with van der Waals surface area (Å²) in [5.41, 5.74) is 1.90. The quantitative estimate of drug-likeness (QED) is 0.885. The largest absolute Gasteiger partial charge is 0.343 e. The molecule has 0 saturated carbocycles. The monoisotopic (exact) mass is 314 g/mol. The topological polar surface area (TPSA) is 69.3 Å². The van der Waals surface area contributed by atoms with Gasteiger partial charge in [-0.05, 0) is 25.0 Å². The Morgan fingerprint density at radius 1 is 1.39 bits per heavy atom. The summed E-state index contributed by atoms with van der Waals surface area (Å²) >= 11 is 0. The lowest BCUT2D eigenvalue weighted by Gasteiger charge is -2.18. The average molecular weight is 314 g/mol. The van der Waals surface area contributed by atoms with Crippen molar-refractivity contribution >= 4 is 22.8 Å². The van der Waals surface area contributed by atoms with Gasteiger partial charge in [0.1, 0.15) is 5.82 Å². The Hall–Kier alpha value is -2.37. The summed E-state index contributed by atoms with van der Waals surface area (Å²) in [6, 6.07) is 7.82. The summed E-state index contributed by atoms with van der Waals surface area (Å²) in [7, 11) is 1.79. The molecule has 0 spiro atoms. The Balaban J connectivity index is 1.48. The molecule has 6 nitrogen and oxygen atoms in total. The van der Waals surface area contributed by atoms with Gasteiger partial charge >= 0.3 is 0 Å². The summed E-state index contributed by atoms with van der Waals surface area (Å²) < 4.78 is 0. The molecule has 6 heteroatoms. The first-order valence-electron chi connectivity index (χ1n) is 8.09. The van der Waals surface area contributed by atoms with Crippen LogP contribution >= 0.6 is 0 Å². The van der Waals surface area contributed by atoms with Crippen LogP contribution in [0.25, 0.3) is 11.0 Å². The van der Waals surface area contributed by atoms with Gasteiger partial charge in [-0.3, -0.25) is 9.59 Å². The number of nitrogens with zero attached hydrogens (tertiary/aromatic N) is 3. The molecule has 2 aromatic rings. The van der Waals surface area contributed by atoms with Gasteiger partial charge in [0.2, 0.25) is 11.8 Å². The number of fused-ring (bicyclic) bond motifs is 1. The average Bonchev–Trinajstić information content (AvgIpc) is 3.12. The Labute approximate surface area is 135 Å². The number of para-hydroxylation sites is 2. The zero-order chi connectivity index (χ0) is 16.2. The number of hydrogen-bond donors (Lipinski definition) is 1. The van der Waals surface area contributed by atoms with Crippen molar-refractivity contribution in [3.05, 3.63) is 30.1 Å². The van der Waals surface area contributed by atoms with Gasteiger partial charge in [-0.1, -0.05) is 12.1 Å². The van der Waals surface area contributed by atoms with E-state index in [0.717, 1.165) is 36.2 Å². The van der Waals surface area contributed by atoms with Gasteiger partial charge in [-0.25, -0.2) is 4.98 Å². The van der Waals surface area contributed by atoms with Crippen LogP contribution in [0.15, 0.2) is 24.3 Å². The fourth-order valence-corrected chi connectivity index (χ4v) is 2.95. The first-order chi connectivity index (χ1) is 11.1. The highest BCUT2D eigenvalue weighted by atomic mass is 16.2. The van der Waals surface area contributed by atoms with Gasteiger partial charge < -0.3 is 14.8 Å². The van der Waals surface area contributed by atoms with Gasteiger partial charge in [-0.15, -0.1) is 0 Å². The van der Waals surface area contributed by atoms with Crippen LogP contribution in [0, 0.1) is 0 Å². The van der Waals surface area contributed by atoms with Crippen LogP contribution in [0.5, 0.6) is 0 Å². The number of hydrogen-bond acceptors (Lipinski definition) is 3. The maximum absolute atomic E-state index is 12.2. The van der Waals surface area contributed by atoms with Crippen LogP contribution in [0.3, 0.4) is 0 Å². The van der Waals surface area contributed by atoms with Crippen molar-refractivity contribution < 1.29 is 9.59 Å². The molecular weight excluding hydrogens is 292 g/mol. The van der Waals surface area contributed by atoms with Gasteiger partial charge in [0.05, 0.1) is 17.6 Å². The molecule has 0 bridgehead atoms. The maximum atomic E-state index is 12.2. The van der Waals surface area contributed by atoms with Crippen LogP contribution in [-0.4, -0.2) is 51.7 Å². The Bertz CT molecular complexity index is 676. The second-order valence-electron chi connectivity index (χ2n) is 6.04. The van der Waals surface area contributed by atoms with Crippen molar-refractivity contribution in [3.63, 3.8) is 0 Å². The lowest BCUT2D eigenvalue weighted by Crippen LogP contribution is -2.29. The van der Waals surface area contributed by atoms with Crippen molar-refractivity contribution in [1.82, 2.24) is 19.8 Å². The van der Waals surface area contributed by atoms with E-state index in [-0.39, 0.29) is 11.8 Å². The number of aromatic amines is 1. The third-order valence-corrected chi connectivity index (χ3v) is 4.24. The molecule has 23 heavy (non-hydrogen) atoms. The van der Waals surface area contributed by atoms with Gasteiger partial charge in [0.15, 0.2) is 0 Å². The van der Waals surface area contributed by atoms with E-state index in [1.54, 1.807) is 11.9 Å². The maximum Gasteiger partial charge on any atom is 0.222 e. The Kier molecular flexibility index (Phi) is 4.60. The van der Waals surface area contributed by atoms with Crippen molar-refractivity contribution in [2.24, 2.45) is 0 Å². The summed E-state index contributed by atoms with van der Waals surface area (Å²) in [5, 5.41) is 0. The highest BCUT2D eigenvalue weighted by molar-refractivity contribution is 5.78. The van der Waals surface area contributed by atoms with E-state index < -0.39 is 0 Å². The van der Waals surface area contributed by atoms with Gasteiger partial charge in [0, 0.05) is 33.0 Å². The number of likely N-dealkylation sites (tertiary alicyclic amines) is 1. The zero-order valence-corrected chi connectivity index (χ0v) is 13.4. The lowest BCUT2D eigenvalue weighted by molar-refractivity contribution is -0.132. The number of amides is 2. The highest BCUT2D eigenvalue weighted by Gasteiger charge is 2.20. The molecule has 3 rings (SSSR count). The van der Waals surface area contributed by atoms with E-state index >= 15 is 0 Å². The molecule has 1 aliphatic rings. The van der Waals surface area contributed by atoms with Crippen LogP contribution in [0.4, 0.5) is 0 Å². The summed E-state index contributed by atoms with van der Waals surface area (Å²) in [5.74, 6) is 1.09. The fourth-order valence-electron chi connectivity index (χ4n) is 2.95. The molecule has 0 unspecified atom stereocenters. The predicted molar refractivity (Wildman–Crippen MR) is 87.6 cm³/mol. The van der Waals surface area contributed by atoms with E-state index in [0.29, 0.717) is 25.9 Å². The van der Waals surface area contributed by atoms with E-state index in [1.165, 1.54) is 0 Å². The van der Waals surface area contributed by atoms with E-state index in [2.05, 4.69) is 9.97 Å². The molecule has 1 aliphatic heterocycles. The molecule has 0 radical (unpaired) electrons. The summed E-state index contributed by atoms with van der Waals surface area (Å²) in [6.07, 6.45) is 2.77. The molecule has 1 aromatic heterocycles.